The number of hydrogen-bond donors (Lipinski definition) is 3. The minimum Gasteiger partial charge on any atom is -0.396 e. The molecule has 1 rings (SSSR count). The van der Waals surface area contributed by atoms with Crippen LogP contribution in [0, 0.1) is 11.3 Å². The summed E-state index contributed by atoms with van der Waals surface area (Å²) in [5.41, 5.74) is 6.17. The molecule has 0 fully saturated rings. The molecule has 0 bridgehead atoms. The molecule has 0 aliphatic carbocycles. The van der Waals surface area contributed by atoms with Gasteiger partial charge in [0.1, 0.15) is 12.7 Å². The average Bonchev–Trinajstić information content (AvgIpc) is 2.28. The van der Waals surface area contributed by atoms with Gasteiger partial charge in [-0.1, -0.05) is 6.07 Å². The van der Waals surface area contributed by atoms with Gasteiger partial charge in [0.2, 0.25) is 0 Å². The second-order valence-electron chi connectivity index (χ2n) is 3.25. The molecule has 0 unspecified atom stereocenters. The van der Waals surface area contributed by atoms with Crippen molar-refractivity contribution in [3.63, 3.8) is 0 Å². The Balaban J connectivity index is 2.80. The predicted octanol–water partition coefficient (Wildman–Crippen LogP) is 1.18. The molecule has 0 spiro atoms. The molecule has 0 radical (unpaired) electrons. The van der Waals surface area contributed by atoms with E-state index in [-0.39, 0.29) is 16.9 Å². The van der Waals surface area contributed by atoms with E-state index in [1.807, 2.05) is 6.07 Å². The van der Waals surface area contributed by atoms with Crippen LogP contribution in [-0.4, -0.2) is 24.2 Å². The number of aliphatic hydroxyl groups excluding tert-OH is 1. The molecule has 4 N–H and O–H groups in total. The second-order valence-corrected chi connectivity index (χ2v) is 3.25. The molecule has 1 aromatic carbocycles. The van der Waals surface area contributed by atoms with Crippen LogP contribution in [0.5, 0.6) is 0 Å². The topological polar surface area (TPSA) is 82.1 Å². The van der Waals surface area contributed by atoms with Gasteiger partial charge in [-0.3, -0.25) is 0 Å². The van der Waals surface area contributed by atoms with E-state index in [2.05, 4.69) is 5.32 Å². The fraction of sp³-hybridized carbons (Fsp3) is 0.300. The summed E-state index contributed by atoms with van der Waals surface area (Å²) in [6.07, 6.45) is 0. The Bertz CT molecular complexity index is 415. The minimum absolute atomic E-state index is 0.124. The zero-order chi connectivity index (χ0) is 12.2. The Kier molecular flexibility index (Phi) is 3.64. The zero-order valence-electron chi connectivity index (χ0n) is 8.37. The molecule has 86 valence electrons. The smallest absolute Gasteiger partial charge is 0.287 e. The number of rotatable bonds is 4. The first-order valence-electron chi connectivity index (χ1n) is 4.51. The number of nitrogen functional groups attached to an aromatic ring is 1. The standard InChI is InChI=1S/C10H11F2N3O/c11-10(12,6-16)5-15-8-3-1-2-7(4-13)9(8)14/h1-3,15-16H,5-6,14H2. The Hall–Kier alpha value is -1.87. The van der Waals surface area contributed by atoms with Crippen molar-refractivity contribution in [3.05, 3.63) is 23.8 Å². The van der Waals surface area contributed by atoms with Crippen molar-refractivity contribution in [1.29, 1.82) is 5.26 Å². The number of alkyl halides is 2. The van der Waals surface area contributed by atoms with E-state index in [1.165, 1.54) is 18.2 Å². The van der Waals surface area contributed by atoms with Crippen molar-refractivity contribution >= 4 is 11.4 Å². The number of benzene rings is 1. The number of aliphatic hydroxyl groups is 1. The van der Waals surface area contributed by atoms with E-state index < -0.39 is 19.1 Å². The summed E-state index contributed by atoms with van der Waals surface area (Å²) in [4.78, 5) is 0. The molecule has 0 atom stereocenters. The van der Waals surface area contributed by atoms with Gasteiger partial charge in [-0.25, -0.2) is 8.78 Å². The Labute approximate surface area is 91.3 Å². The maximum atomic E-state index is 12.7. The van der Waals surface area contributed by atoms with Crippen LogP contribution in [0.4, 0.5) is 20.2 Å². The Morgan fingerprint density at radius 2 is 2.19 bits per heavy atom. The number of para-hydroxylation sites is 1. The average molecular weight is 227 g/mol. The number of nitriles is 1. The van der Waals surface area contributed by atoms with Crippen molar-refractivity contribution in [2.45, 2.75) is 5.92 Å². The molecule has 16 heavy (non-hydrogen) atoms. The van der Waals surface area contributed by atoms with Gasteiger partial charge in [0, 0.05) is 0 Å². The van der Waals surface area contributed by atoms with Gasteiger partial charge in [-0.05, 0) is 12.1 Å². The molecule has 6 heteroatoms. The van der Waals surface area contributed by atoms with Crippen LogP contribution >= 0.6 is 0 Å². The van der Waals surface area contributed by atoms with E-state index in [0.29, 0.717) is 0 Å². The zero-order valence-corrected chi connectivity index (χ0v) is 8.37. The third kappa shape index (κ3) is 2.81. The monoisotopic (exact) mass is 227 g/mol. The van der Waals surface area contributed by atoms with E-state index in [1.54, 1.807) is 0 Å². The molecule has 1 aromatic rings. The predicted molar refractivity (Wildman–Crippen MR) is 56.1 cm³/mol. The fourth-order valence-corrected chi connectivity index (χ4v) is 1.10. The molecule has 0 aliphatic rings. The molecular formula is C10H11F2N3O. The molecule has 0 saturated heterocycles. The highest BCUT2D eigenvalue weighted by Crippen LogP contribution is 2.23. The van der Waals surface area contributed by atoms with Crippen molar-refractivity contribution in [2.24, 2.45) is 0 Å². The first-order chi connectivity index (χ1) is 7.50. The van der Waals surface area contributed by atoms with E-state index in [0.717, 1.165) is 0 Å². The van der Waals surface area contributed by atoms with Gasteiger partial charge in [-0.15, -0.1) is 0 Å². The highest BCUT2D eigenvalue weighted by Gasteiger charge is 2.27. The van der Waals surface area contributed by atoms with Gasteiger partial charge in [0.25, 0.3) is 5.92 Å². The van der Waals surface area contributed by atoms with Crippen LogP contribution < -0.4 is 11.1 Å². The summed E-state index contributed by atoms with van der Waals surface area (Å²) in [5.74, 6) is -3.21. The molecule has 0 aromatic heterocycles. The van der Waals surface area contributed by atoms with Gasteiger partial charge < -0.3 is 16.2 Å². The summed E-state index contributed by atoms with van der Waals surface area (Å²) in [6.45, 7) is -1.97. The summed E-state index contributed by atoms with van der Waals surface area (Å²) < 4.78 is 25.5. The second kappa shape index (κ2) is 4.77. The third-order valence-corrected chi connectivity index (χ3v) is 2.00. The van der Waals surface area contributed by atoms with Crippen LogP contribution in [0.15, 0.2) is 18.2 Å². The number of nitrogens with two attached hydrogens (primary N) is 1. The summed E-state index contributed by atoms with van der Waals surface area (Å²) in [5, 5.41) is 19.4. The van der Waals surface area contributed by atoms with Crippen LogP contribution in [0.2, 0.25) is 0 Å². The van der Waals surface area contributed by atoms with Gasteiger partial charge in [-0.2, -0.15) is 5.26 Å². The molecular weight excluding hydrogens is 216 g/mol. The molecule has 4 nitrogen and oxygen atoms in total. The van der Waals surface area contributed by atoms with Crippen molar-refractivity contribution in [1.82, 2.24) is 0 Å². The lowest BCUT2D eigenvalue weighted by Gasteiger charge is -2.16. The lowest BCUT2D eigenvalue weighted by molar-refractivity contribution is -0.0372. The maximum Gasteiger partial charge on any atom is 0.287 e. The highest BCUT2D eigenvalue weighted by atomic mass is 19.3. The van der Waals surface area contributed by atoms with Gasteiger partial charge in [0.05, 0.1) is 23.5 Å². The third-order valence-electron chi connectivity index (χ3n) is 2.00. The SMILES string of the molecule is N#Cc1cccc(NCC(F)(F)CO)c1N. The van der Waals surface area contributed by atoms with Crippen LogP contribution in [0.3, 0.4) is 0 Å². The first kappa shape index (κ1) is 12.2. The van der Waals surface area contributed by atoms with Crippen LogP contribution in [0.1, 0.15) is 5.56 Å². The summed E-state index contributed by atoms with van der Waals surface area (Å²) in [7, 11) is 0. The number of anilines is 2. The van der Waals surface area contributed by atoms with Crippen LogP contribution in [-0.2, 0) is 0 Å². The van der Waals surface area contributed by atoms with Crippen molar-refractivity contribution in [2.75, 3.05) is 24.2 Å². The van der Waals surface area contributed by atoms with Crippen molar-refractivity contribution in [3.8, 4) is 6.07 Å². The van der Waals surface area contributed by atoms with E-state index in [4.69, 9.17) is 16.1 Å². The lowest BCUT2D eigenvalue weighted by atomic mass is 10.1. The maximum absolute atomic E-state index is 12.7. The number of hydrogen-bond acceptors (Lipinski definition) is 4. The number of nitrogens with zero attached hydrogens (tertiary/aromatic N) is 1. The quantitative estimate of drug-likeness (QED) is 0.674. The largest absolute Gasteiger partial charge is 0.396 e. The van der Waals surface area contributed by atoms with E-state index >= 15 is 0 Å². The number of halogens is 2. The fourth-order valence-electron chi connectivity index (χ4n) is 1.10. The van der Waals surface area contributed by atoms with E-state index in [9.17, 15) is 8.78 Å². The molecule has 0 amide bonds. The Morgan fingerprint density at radius 3 is 2.75 bits per heavy atom. The molecule has 0 heterocycles. The Morgan fingerprint density at radius 1 is 1.50 bits per heavy atom. The van der Waals surface area contributed by atoms with Gasteiger partial charge >= 0.3 is 0 Å². The normalized spacial score (nSPS) is 10.9. The van der Waals surface area contributed by atoms with Gasteiger partial charge in [0.15, 0.2) is 0 Å². The minimum atomic E-state index is -3.21. The summed E-state index contributed by atoms with van der Waals surface area (Å²) >= 11 is 0. The summed E-state index contributed by atoms with van der Waals surface area (Å²) in [6, 6.07) is 6.36. The van der Waals surface area contributed by atoms with Crippen LogP contribution in [0.25, 0.3) is 0 Å². The molecule has 0 aliphatic heterocycles. The lowest BCUT2D eigenvalue weighted by Crippen LogP contribution is -2.31. The molecule has 0 saturated carbocycles. The van der Waals surface area contributed by atoms with Crippen molar-refractivity contribution < 1.29 is 13.9 Å². The highest BCUT2D eigenvalue weighted by molar-refractivity contribution is 5.72. The first-order valence-corrected chi connectivity index (χ1v) is 4.51. The number of nitrogens with one attached hydrogen (secondary N) is 1.